The average molecular weight is 258 g/mol. The van der Waals surface area contributed by atoms with Gasteiger partial charge in [-0.05, 0) is 31.0 Å². The van der Waals surface area contributed by atoms with E-state index in [4.69, 9.17) is 4.42 Å². The van der Waals surface area contributed by atoms with Crippen LogP contribution < -0.4 is 5.32 Å². The van der Waals surface area contributed by atoms with Crippen LogP contribution >= 0.6 is 0 Å². The van der Waals surface area contributed by atoms with Gasteiger partial charge in [0.05, 0.1) is 6.20 Å². The zero-order chi connectivity index (χ0) is 13.8. The molecule has 1 heterocycles. The Hall–Kier alpha value is -1.61. The highest BCUT2D eigenvalue weighted by molar-refractivity contribution is 5.58. The summed E-state index contributed by atoms with van der Waals surface area (Å²) in [7, 11) is 0. The van der Waals surface area contributed by atoms with Gasteiger partial charge in [-0.1, -0.05) is 26.0 Å². The van der Waals surface area contributed by atoms with Crippen LogP contribution in [0.4, 0.5) is 0 Å². The van der Waals surface area contributed by atoms with E-state index in [9.17, 15) is 0 Å². The van der Waals surface area contributed by atoms with E-state index in [-0.39, 0.29) is 0 Å². The fraction of sp³-hybridized carbons (Fsp3) is 0.438. The Labute approximate surface area is 115 Å². The lowest BCUT2D eigenvalue weighted by Crippen LogP contribution is -2.24. The van der Waals surface area contributed by atoms with Crippen molar-refractivity contribution in [1.82, 2.24) is 10.3 Å². The normalized spacial score (nSPS) is 11.2. The van der Waals surface area contributed by atoms with Gasteiger partial charge in [0.2, 0.25) is 0 Å². The molecule has 2 rings (SSSR count). The number of hydrogen-bond acceptors (Lipinski definition) is 3. The number of nitrogens with one attached hydrogen (secondary N) is 1. The maximum absolute atomic E-state index is 5.80. The Morgan fingerprint density at radius 2 is 2.00 bits per heavy atom. The lowest BCUT2D eigenvalue weighted by molar-refractivity contribution is 0.484. The number of oxazole rings is 1. The van der Waals surface area contributed by atoms with Gasteiger partial charge in [0.1, 0.15) is 0 Å². The quantitative estimate of drug-likeness (QED) is 0.892. The fourth-order valence-electron chi connectivity index (χ4n) is 1.92. The summed E-state index contributed by atoms with van der Waals surface area (Å²) < 4.78 is 5.80. The molecule has 102 valence electrons. The highest BCUT2D eigenvalue weighted by Gasteiger charge is 2.07. The second-order valence-electron chi connectivity index (χ2n) is 5.28. The standard InChI is InChI=1S/C16H22N2O/c1-11(2)17-8-7-16-18-10-15(19-16)14-6-5-12(3)13(4)9-14/h5-6,9-11,17H,7-8H2,1-4H3. The molecule has 0 aliphatic heterocycles. The highest BCUT2D eigenvalue weighted by atomic mass is 16.4. The van der Waals surface area contributed by atoms with Crippen molar-refractivity contribution in [3.63, 3.8) is 0 Å². The van der Waals surface area contributed by atoms with Crippen LogP contribution in [0.25, 0.3) is 11.3 Å². The summed E-state index contributed by atoms with van der Waals surface area (Å²) in [4.78, 5) is 4.33. The van der Waals surface area contributed by atoms with Crippen LogP contribution in [-0.2, 0) is 6.42 Å². The molecule has 0 fully saturated rings. The van der Waals surface area contributed by atoms with Crippen LogP contribution in [0, 0.1) is 13.8 Å². The largest absolute Gasteiger partial charge is 0.441 e. The maximum Gasteiger partial charge on any atom is 0.196 e. The van der Waals surface area contributed by atoms with E-state index >= 15 is 0 Å². The smallest absolute Gasteiger partial charge is 0.196 e. The summed E-state index contributed by atoms with van der Waals surface area (Å²) in [6, 6.07) is 6.84. The van der Waals surface area contributed by atoms with Crippen LogP contribution in [0.1, 0.15) is 30.9 Å². The van der Waals surface area contributed by atoms with Crippen LogP contribution in [0.2, 0.25) is 0 Å². The molecule has 0 aliphatic carbocycles. The molecule has 0 amide bonds. The molecular weight excluding hydrogens is 236 g/mol. The Balaban J connectivity index is 2.05. The molecule has 1 aromatic heterocycles. The summed E-state index contributed by atoms with van der Waals surface area (Å²) in [6.07, 6.45) is 2.64. The number of aryl methyl sites for hydroxylation is 2. The molecule has 2 aromatic rings. The highest BCUT2D eigenvalue weighted by Crippen LogP contribution is 2.23. The van der Waals surface area contributed by atoms with Crippen molar-refractivity contribution in [1.29, 1.82) is 0 Å². The minimum Gasteiger partial charge on any atom is -0.441 e. The van der Waals surface area contributed by atoms with Crippen LogP contribution in [0.15, 0.2) is 28.8 Å². The van der Waals surface area contributed by atoms with Gasteiger partial charge < -0.3 is 9.73 Å². The summed E-state index contributed by atoms with van der Waals surface area (Å²) in [5.74, 6) is 1.64. The summed E-state index contributed by atoms with van der Waals surface area (Å²) in [5.41, 5.74) is 3.67. The summed E-state index contributed by atoms with van der Waals surface area (Å²) in [5, 5.41) is 3.36. The molecule has 3 nitrogen and oxygen atoms in total. The van der Waals surface area contributed by atoms with Gasteiger partial charge in [-0.15, -0.1) is 0 Å². The zero-order valence-corrected chi connectivity index (χ0v) is 12.2. The molecule has 0 bridgehead atoms. The first-order chi connectivity index (χ1) is 9.06. The van der Waals surface area contributed by atoms with Crippen molar-refractivity contribution >= 4 is 0 Å². The van der Waals surface area contributed by atoms with Crippen molar-refractivity contribution in [2.75, 3.05) is 6.54 Å². The first-order valence-corrected chi connectivity index (χ1v) is 6.82. The van der Waals surface area contributed by atoms with Crippen molar-refractivity contribution in [3.05, 3.63) is 41.4 Å². The van der Waals surface area contributed by atoms with Gasteiger partial charge in [0.25, 0.3) is 0 Å². The molecule has 0 unspecified atom stereocenters. The number of hydrogen-bond donors (Lipinski definition) is 1. The second kappa shape index (κ2) is 6.02. The van der Waals surface area contributed by atoms with Crippen LogP contribution in [0.5, 0.6) is 0 Å². The van der Waals surface area contributed by atoms with E-state index in [1.165, 1.54) is 11.1 Å². The van der Waals surface area contributed by atoms with Gasteiger partial charge in [-0.3, -0.25) is 0 Å². The molecule has 0 aliphatic rings. The number of rotatable bonds is 5. The number of aromatic nitrogens is 1. The minimum absolute atomic E-state index is 0.495. The van der Waals surface area contributed by atoms with Crippen molar-refractivity contribution in [2.24, 2.45) is 0 Å². The van der Waals surface area contributed by atoms with E-state index < -0.39 is 0 Å². The van der Waals surface area contributed by atoms with E-state index in [0.29, 0.717) is 6.04 Å². The molecule has 0 spiro atoms. The zero-order valence-electron chi connectivity index (χ0n) is 12.2. The van der Waals surface area contributed by atoms with E-state index in [0.717, 1.165) is 30.2 Å². The van der Waals surface area contributed by atoms with Crippen molar-refractivity contribution in [2.45, 2.75) is 40.2 Å². The molecule has 1 aromatic carbocycles. The Morgan fingerprint density at radius 1 is 1.21 bits per heavy atom. The van der Waals surface area contributed by atoms with Gasteiger partial charge in [-0.25, -0.2) is 4.98 Å². The first kappa shape index (κ1) is 13.8. The fourth-order valence-corrected chi connectivity index (χ4v) is 1.92. The van der Waals surface area contributed by atoms with Crippen molar-refractivity contribution in [3.8, 4) is 11.3 Å². The summed E-state index contributed by atoms with van der Waals surface area (Å²) in [6.45, 7) is 9.39. The Kier molecular flexibility index (Phi) is 4.38. The SMILES string of the molecule is Cc1ccc(-c2cnc(CCNC(C)C)o2)cc1C. The third-order valence-electron chi connectivity index (χ3n) is 3.24. The Morgan fingerprint density at radius 3 is 2.68 bits per heavy atom. The third kappa shape index (κ3) is 3.67. The Bertz CT molecular complexity index is 543. The lowest BCUT2D eigenvalue weighted by atomic mass is 10.1. The second-order valence-corrected chi connectivity index (χ2v) is 5.28. The van der Waals surface area contributed by atoms with Crippen molar-refractivity contribution < 1.29 is 4.42 Å². The molecule has 1 N–H and O–H groups in total. The molecule has 0 atom stereocenters. The predicted octanol–water partition coefficient (Wildman–Crippen LogP) is 3.50. The molecular formula is C16H22N2O. The van der Waals surface area contributed by atoms with E-state index in [1.54, 1.807) is 0 Å². The molecule has 3 heteroatoms. The average Bonchev–Trinajstić information content (AvgIpc) is 2.81. The van der Waals surface area contributed by atoms with Gasteiger partial charge >= 0.3 is 0 Å². The molecule has 0 saturated heterocycles. The lowest BCUT2D eigenvalue weighted by Gasteiger charge is -2.05. The maximum atomic E-state index is 5.80. The molecule has 0 radical (unpaired) electrons. The molecule has 19 heavy (non-hydrogen) atoms. The number of benzene rings is 1. The minimum atomic E-state index is 0.495. The third-order valence-corrected chi connectivity index (χ3v) is 3.24. The van der Waals surface area contributed by atoms with Crippen LogP contribution in [-0.4, -0.2) is 17.6 Å². The summed E-state index contributed by atoms with van der Waals surface area (Å²) >= 11 is 0. The van der Waals surface area contributed by atoms with Gasteiger partial charge in [-0.2, -0.15) is 0 Å². The predicted molar refractivity (Wildman–Crippen MR) is 78.3 cm³/mol. The van der Waals surface area contributed by atoms with E-state index in [1.807, 2.05) is 6.20 Å². The number of nitrogens with zero attached hydrogens (tertiary/aromatic N) is 1. The van der Waals surface area contributed by atoms with Crippen LogP contribution in [0.3, 0.4) is 0 Å². The topological polar surface area (TPSA) is 38.1 Å². The monoisotopic (exact) mass is 258 g/mol. The molecule has 0 saturated carbocycles. The van der Waals surface area contributed by atoms with Gasteiger partial charge in [0, 0.05) is 24.6 Å². The van der Waals surface area contributed by atoms with E-state index in [2.05, 4.69) is 56.2 Å². The first-order valence-electron chi connectivity index (χ1n) is 6.82. The van der Waals surface area contributed by atoms with Gasteiger partial charge in [0.15, 0.2) is 11.7 Å².